The zero-order chi connectivity index (χ0) is 11.1. The summed E-state index contributed by atoms with van der Waals surface area (Å²) in [6, 6.07) is 4.12. The Morgan fingerprint density at radius 2 is 2.33 bits per heavy atom. The molecular weight excluding hydrogens is 190 g/mol. The van der Waals surface area contributed by atoms with Crippen molar-refractivity contribution in [2.75, 3.05) is 6.54 Å². The topological polar surface area (TPSA) is 46.4 Å². The van der Waals surface area contributed by atoms with Gasteiger partial charge in [-0.05, 0) is 31.5 Å². The molecule has 2 heterocycles. The van der Waals surface area contributed by atoms with Crippen molar-refractivity contribution in [2.24, 2.45) is 0 Å². The molecule has 80 valence electrons. The molecule has 0 aliphatic carbocycles. The van der Waals surface area contributed by atoms with Crippen molar-refractivity contribution in [3.8, 4) is 0 Å². The van der Waals surface area contributed by atoms with Crippen LogP contribution in [0.3, 0.4) is 0 Å². The third-order valence-electron chi connectivity index (χ3n) is 1.84. The predicted molar refractivity (Wildman–Crippen MR) is 59.7 cm³/mol. The van der Waals surface area contributed by atoms with Crippen molar-refractivity contribution in [1.29, 1.82) is 0 Å². The van der Waals surface area contributed by atoms with Crippen molar-refractivity contribution < 1.29 is 4.79 Å². The van der Waals surface area contributed by atoms with Gasteiger partial charge in [0.15, 0.2) is 0 Å². The van der Waals surface area contributed by atoms with Gasteiger partial charge in [0.1, 0.15) is 5.65 Å². The second kappa shape index (κ2) is 5.80. The third kappa shape index (κ3) is 3.42. The number of amides is 1. The number of pyridine rings is 1. The maximum atomic E-state index is 9.29. The van der Waals surface area contributed by atoms with E-state index in [2.05, 4.69) is 29.4 Å². The fourth-order valence-corrected chi connectivity index (χ4v) is 1.10. The van der Waals surface area contributed by atoms with E-state index in [-0.39, 0.29) is 0 Å². The number of nitrogens with zero attached hydrogens (tertiary/aromatic N) is 2. The van der Waals surface area contributed by atoms with Crippen LogP contribution in [-0.4, -0.2) is 22.3 Å². The lowest BCUT2D eigenvalue weighted by molar-refractivity contribution is -0.109. The lowest BCUT2D eigenvalue weighted by Crippen LogP contribution is -2.07. The SMILES string of the molecule is CCNC=O.Cc1ccn2ccnc2c1. The molecule has 2 aromatic rings. The summed E-state index contributed by atoms with van der Waals surface area (Å²) in [5.74, 6) is 0. The van der Waals surface area contributed by atoms with Crippen LogP contribution in [0.4, 0.5) is 0 Å². The molecule has 1 N–H and O–H groups in total. The lowest BCUT2D eigenvalue weighted by atomic mass is 10.3. The molecule has 0 aliphatic heterocycles. The molecule has 4 heteroatoms. The summed E-state index contributed by atoms with van der Waals surface area (Å²) in [6.07, 6.45) is 6.43. The average Bonchev–Trinajstić information content (AvgIpc) is 2.67. The monoisotopic (exact) mass is 205 g/mol. The van der Waals surface area contributed by atoms with Gasteiger partial charge >= 0.3 is 0 Å². The molecule has 1 amide bonds. The molecule has 0 radical (unpaired) electrons. The van der Waals surface area contributed by atoms with Crippen LogP contribution in [0.5, 0.6) is 0 Å². The van der Waals surface area contributed by atoms with Crippen molar-refractivity contribution in [1.82, 2.24) is 14.7 Å². The number of aromatic nitrogens is 2. The predicted octanol–water partition coefficient (Wildman–Crippen LogP) is 1.40. The average molecular weight is 205 g/mol. The minimum Gasteiger partial charge on any atom is -0.359 e. The van der Waals surface area contributed by atoms with Crippen molar-refractivity contribution in [3.63, 3.8) is 0 Å². The highest BCUT2D eigenvalue weighted by Crippen LogP contribution is 2.02. The minimum absolute atomic E-state index is 0.681. The Kier molecular flexibility index (Phi) is 4.34. The molecule has 0 bridgehead atoms. The molecular formula is C11H15N3O. The van der Waals surface area contributed by atoms with E-state index in [0.29, 0.717) is 6.41 Å². The number of hydrogen-bond donors (Lipinski definition) is 1. The zero-order valence-corrected chi connectivity index (χ0v) is 8.97. The van der Waals surface area contributed by atoms with E-state index in [1.807, 2.05) is 23.7 Å². The Bertz CT molecular complexity index is 422. The quantitative estimate of drug-likeness (QED) is 0.753. The highest BCUT2D eigenvalue weighted by Gasteiger charge is 1.90. The van der Waals surface area contributed by atoms with Gasteiger partial charge in [-0.25, -0.2) is 4.98 Å². The van der Waals surface area contributed by atoms with Crippen LogP contribution in [0.25, 0.3) is 5.65 Å². The number of imidazole rings is 1. The summed E-state index contributed by atoms with van der Waals surface area (Å²) in [6.45, 7) is 4.66. The molecule has 4 nitrogen and oxygen atoms in total. The molecule has 2 aromatic heterocycles. The van der Waals surface area contributed by atoms with Gasteiger partial charge in [0, 0.05) is 25.1 Å². The van der Waals surface area contributed by atoms with Gasteiger partial charge in [0.2, 0.25) is 6.41 Å². The normalized spacial score (nSPS) is 9.20. The molecule has 0 saturated heterocycles. The second-order valence-electron chi connectivity index (χ2n) is 3.07. The zero-order valence-electron chi connectivity index (χ0n) is 8.97. The first-order valence-corrected chi connectivity index (χ1v) is 4.84. The first-order valence-electron chi connectivity index (χ1n) is 4.84. The van der Waals surface area contributed by atoms with Gasteiger partial charge in [-0.15, -0.1) is 0 Å². The summed E-state index contributed by atoms with van der Waals surface area (Å²) in [5.41, 5.74) is 2.26. The summed E-state index contributed by atoms with van der Waals surface area (Å²) in [4.78, 5) is 13.4. The van der Waals surface area contributed by atoms with Crippen LogP contribution >= 0.6 is 0 Å². The third-order valence-corrected chi connectivity index (χ3v) is 1.84. The largest absolute Gasteiger partial charge is 0.359 e. The molecule has 0 atom stereocenters. The molecule has 0 unspecified atom stereocenters. The van der Waals surface area contributed by atoms with Crippen molar-refractivity contribution >= 4 is 12.1 Å². The Morgan fingerprint density at radius 3 is 2.93 bits per heavy atom. The van der Waals surface area contributed by atoms with Gasteiger partial charge in [-0.1, -0.05) is 0 Å². The molecule has 0 aliphatic rings. The first kappa shape index (κ1) is 11.2. The van der Waals surface area contributed by atoms with Gasteiger partial charge in [0.05, 0.1) is 0 Å². The van der Waals surface area contributed by atoms with Crippen molar-refractivity contribution in [3.05, 3.63) is 36.3 Å². The van der Waals surface area contributed by atoms with Gasteiger partial charge in [-0.2, -0.15) is 0 Å². The van der Waals surface area contributed by atoms with Crippen LogP contribution in [0.1, 0.15) is 12.5 Å². The fourth-order valence-electron chi connectivity index (χ4n) is 1.10. The number of rotatable bonds is 2. The van der Waals surface area contributed by atoms with E-state index in [1.165, 1.54) is 5.56 Å². The second-order valence-corrected chi connectivity index (χ2v) is 3.07. The lowest BCUT2D eigenvalue weighted by Gasteiger charge is -1.92. The van der Waals surface area contributed by atoms with E-state index in [1.54, 1.807) is 6.20 Å². The van der Waals surface area contributed by atoms with E-state index in [9.17, 15) is 4.79 Å². The number of hydrogen-bond acceptors (Lipinski definition) is 2. The fraction of sp³-hybridized carbons (Fsp3) is 0.273. The molecule has 2 rings (SSSR count). The van der Waals surface area contributed by atoms with Crippen LogP contribution in [0.2, 0.25) is 0 Å². The smallest absolute Gasteiger partial charge is 0.207 e. The number of fused-ring (bicyclic) bond motifs is 1. The molecule has 0 fully saturated rings. The summed E-state index contributed by atoms with van der Waals surface area (Å²) in [7, 11) is 0. The van der Waals surface area contributed by atoms with E-state index >= 15 is 0 Å². The van der Waals surface area contributed by atoms with Crippen LogP contribution in [0.15, 0.2) is 30.7 Å². The van der Waals surface area contributed by atoms with Gasteiger partial charge < -0.3 is 9.72 Å². The van der Waals surface area contributed by atoms with E-state index in [4.69, 9.17) is 0 Å². The molecule has 0 saturated carbocycles. The number of carbonyl (C=O) groups is 1. The highest BCUT2D eigenvalue weighted by atomic mass is 16.1. The molecule has 0 aromatic carbocycles. The maximum Gasteiger partial charge on any atom is 0.207 e. The van der Waals surface area contributed by atoms with E-state index in [0.717, 1.165) is 12.2 Å². The Hall–Kier alpha value is -1.84. The van der Waals surface area contributed by atoms with Crippen molar-refractivity contribution in [2.45, 2.75) is 13.8 Å². The number of aryl methyl sites for hydroxylation is 1. The summed E-state index contributed by atoms with van der Waals surface area (Å²) in [5, 5.41) is 2.43. The van der Waals surface area contributed by atoms with Crippen LogP contribution < -0.4 is 5.32 Å². The van der Waals surface area contributed by atoms with Gasteiger partial charge in [0.25, 0.3) is 0 Å². The first-order chi connectivity index (χ1) is 7.27. The standard InChI is InChI=1S/C8H8N2.C3H7NO/c1-7-2-4-10-5-3-9-8(10)6-7;1-2-4-3-5/h2-6H,1H3;3H,2H2,1H3,(H,4,5). The maximum absolute atomic E-state index is 9.29. The molecule has 15 heavy (non-hydrogen) atoms. The minimum atomic E-state index is 0.681. The summed E-state index contributed by atoms with van der Waals surface area (Å²) >= 11 is 0. The highest BCUT2D eigenvalue weighted by molar-refractivity contribution is 5.45. The Labute approximate surface area is 88.9 Å². The summed E-state index contributed by atoms with van der Waals surface area (Å²) < 4.78 is 1.99. The van der Waals surface area contributed by atoms with E-state index < -0.39 is 0 Å². The van der Waals surface area contributed by atoms with Gasteiger partial charge in [-0.3, -0.25) is 4.79 Å². The van der Waals surface area contributed by atoms with Crippen LogP contribution in [0, 0.1) is 6.92 Å². The Balaban J connectivity index is 0.000000195. The Morgan fingerprint density at radius 1 is 1.53 bits per heavy atom. The van der Waals surface area contributed by atoms with Crippen LogP contribution in [-0.2, 0) is 4.79 Å². The molecule has 0 spiro atoms. The number of carbonyl (C=O) groups excluding carboxylic acids is 1. The number of nitrogens with one attached hydrogen (secondary N) is 1.